The Labute approximate surface area is 333 Å². The van der Waals surface area contributed by atoms with Crippen LogP contribution >= 0.6 is 0 Å². The number of nitriles is 1. The molecule has 3 aromatic rings. The van der Waals surface area contributed by atoms with Gasteiger partial charge in [0.1, 0.15) is 36.1 Å². The summed E-state index contributed by atoms with van der Waals surface area (Å²) in [7, 11) is 4.74. The fraction of sp³-hybridized carbons (Fsp3) is 0.422. The first-order valence-corrected chi connectivity index (χ1v) is 19.5. The van der Waals surface area contributed by atoms with Crippen LogP contribution in [0.15, 0.2) is 90.1 Å². The van der Waals surface area contributed by atoms with Crippen molar-refractivity contribution in [2.24, 2.45) is 22.9 Å². The van der Waals surface area contributed by atoms with E-state index in [2.05, 4.69) is 23.9 Å². The van der Waals surface area contributed by atoms with Crippen LogP contribution in [-0.4, -0.2) is 85.9 Å². The Morgan fingerprint density at radius 2 is 1.75 bits per heavy atom. The second-order valence-corrected chi connectivity index (χ2v) is 14.7. The maximum absolute atomic E-state index is 14.4. The number of ether oxygens (including phenoxy) is 4. The summed E-state index contributed by atoms with van der Waals surface area (Å²) in [5.74, 6) is -0.327. The highest BCUT2D eigenvalue weighted by atomic mass is 16.7. The first-order valence-electron chi connectivity index (χ1n) is 19.5. The van der Waals surface area contributed by atoms with Crippen LogP contribution in [-0.2, 0) is 9.57 Å². The summed E-state index contributed by atoms with van der Waals surface area (Å²) >= 11 is 0. The third-order valence-corrected chi connectivity index (χ3v) is 11.5. The van der Waals surface area contributed by atoms with Gasteiger partial charge in [-0.05, 0) is 104 Å². The Morgan fingerprint density at radius 3 is 2.42 bits per heavy atom. The van der Waals surface area contributed by atoms with Gasteiger partial charge < -0.3 is 38.9 Å². The molecule has 12 heteroatoms. The highest BCUT2D eigenvalue weighted by Crippen LogP contribution is 2.62. The van der Waals surface area contributed by atoms with Crippen molar-refractivity contribution in [3.8, 4) is 29.1 Å². The summed E-state index contributed by atoms with van der Waals surface area (Å²) in [5.41, 5.74) is 3.69. The van der Waals surface area contributed by atoms with Gasteiger partial charge in [-0.2, -0.15) is 5.26 Å². The zero-order valence-electron chi connectivity index (χ0n) is 32.8. The van der Waals surface area contributed by atoms with Crippen LogP contribution in [0.25, 0.3) is 0 Å². The number of carbonyl (C=O) groups excluding carboxylic acids is 2. The van der Waals surface area contributed by atoms with Crippen molar-refractivity contribution >= 4 is 17.9 Å². The Hall–Kier alpha value is -5.48. The molecule has 1 saturated carbocycles. The van der Waals surface area contributed by atoms with Crippen molar-refractivity contribution in [1.82, 2.24) is 4.90 Å². The maximum Gasteiger partial charge on any atom is 0.254 e. The average molecular weight is 778 g/mol. The monoisotopic (exact) mass is 777 g/mol. The second-order valence-electron chi connectivity index (χ2n) is 14.7. The fourth-order valence-corrected chi connectivity index (χ4v) is 8.94. The van der Waals surface area contributed by atoms with Gasteiger partial charge >= 0.3 is 0 Å². The van der Waals surface area contributed by atoms with Gasteiger partial charge in [-0.25, -0.2) is 0 Å². The third-order valence-electron chi connectivity index (χ3n) is 11.5. The lowest BCUT2D eigenvalue weighted by Crippen LogP contribution is -2.69. The van der Waals surface area contributed by atoms with E-state index in [0.29, 0.717) is 58.2 Å². The zero-order chi connectivity index (χ0) is 40.5. The van der Waals surface area contributed by atoms with Crippen molar-refractivity contribution in [1.29, 1.82) is 5.26 Å². The van der Waals surface area contributed by atoms with E-state index >= 15 is 0 Å². The molecular weight excluding hydrogens is 727 g/mol. The SMILES string of the molecule is C=CCO[C@@]12Oc3ccc(Oc4ccc(OC)c(C=O)c4)cc3[C@H]3[C@H](CCCCO)[C@@H](CCCCO)C=C(C(=NOC)C[C@@H]1N(C)C(=O)c1ccc(C#N)cc1)[C@H]32. The Morgan fingerprint density at radius 1 is 1.04 bits per heavy atom. The molecule has 6 atom stereocenters. The number of aliphatic hydroxyl groups is 2. The predicted molar refractivity (Wildman–Crippen MR) is 214 cm³/mol. The summed E-state index contributed by atoms with van der Waals surface area (Å²) in [6, 6.07) is 18.7. The maximum atomic E-state index is 14.4. The number of benzene rings is 3. The van der Waals surface area contributed by atoms with E-state index in [1.165, 1.54) is 14.2 Å². The molecule has 2 N–H and O–H groups in total. The minimum atomic E-state index is -1.41. The molecule has 6 rings (SSSR count). The number of aldehydes is 1. The number of hydrogen-bond donors (Lipinski definition) is 2. The van der Waals surface area contributed by atoms with Crippen LogP contribution in [0.1, 0.15) is 82.7 Å². The quantitative estimate of drug-likeness (QED) is 0.0585. The van der Waals surface area contributed by atoms with Crippen LogP contribution in [0.3, 0.4) is 0 Å². The minimum Gasteiger partial charge on any atom is -0.496 e. The van der Waals surface area contributed by atoms with Crippen LogP contribution in [0.5, 0.6) is 23.0 Å². The number of hydrogen-bond acceptors (Lipinski definition) is 11. The van der Waals surface area contributed by atoms with E-state index in [4.69, 9.17) is 23.8 Å². The van der Waals surface area contributed by atoms with Crippen LogP contribution < -0.4 is 14.2 Å². The highest BCUT2D eigenvalue weighted by Gasteiger charge is 2.65. The van der Waals surface area contributed by atoms with Gasteiger partial charge in [0.2, 0.25) is 5.79 Å². The number of oxime groups is 1. The molecule has 0 spiro atoms. The van der Waals surface area contributed by atoms with Crippen molar-refractivity contribution < 1.29 is 43.6 Å². The number of fused-ring (bicyclic) bond motifs is 2. The number of methoxy groups -OCH3 is 1. The Kier molecular flexibility index (Phi) is 13.5. The molecule has 0 aromatic heterocycles. The second kappa shape index (κ2) is 18.6. The standard InChI is InChI=1S/C45H51N3O9/c1-5-22-55-45-41(48(2)44(52)30-14-12-29(27-46)13-15-30)26-38(47-54-4)36-24-31(10-6-8-20-49)35(11-7-9-21-50)42(43(36)45)37-25-34(17-19-40(37)57-45)56-33-16-18-39(53-3)32(23-33)28-51/h5,12-19,23-25,28,31,35,41-43,49-50H,1,6-11,20-22,26H2,2-4H3/t31-,35+,41-,42+,43+,45+/m0/s1. The van der Waals surface area contributed by atoms with Crippen LogP contribution in [0.2, 0.25) is 0 Å². The van der Waals surface area contributed by atoms with E-state index in [1.54, 1.807) is 60.5 Å². The Balaban J connectivity index is 1.55. The number of unbranched alkanes of at least 4 members (excludes halogenated alkanes) is 2. The van der Waals surface area contributed by atoms with E-state index in [-0.39, 0.29) is 49.9 Å². The normalized spacial score (nSPS) is 23.8. The van der Waals surface area contributed by atoms with Gasteiger partial charge in [0, 0.05) is 43.7 Å². The molecule has 0 radical (unpaired) electrons. The van der Waals surface area contributed by atoms with E-state index in [9.17, 15) is 25.1 Å². The molecule has 1 amide bonds. The zero-order valence-corrected chi connectivity index (χ0v) is 32.8. The number of aliphatic hydroxyl groups excluding tert-OH is 2. The van der Waals surface area contributed by atoms with E-state index in [1.807, 2.05) is 18.2 Å². The molecule has 300 valence electrons. The number of carbonyl (C=O) groups is 2. The lowest BCUT2D eigenvalue weighted by atomic mass is 9.55. The van der Waals surface area contributed by atoms with Crippen molar-refractivity contribution in [3.63, 3.8) is 0 Å². The lowest BCUT2D eigenvalue weighted by molar-refractivity contribution is -0.252. The summed E-state index contributed by atoms with van der Waals surface area (Å²) in [6.45, 7) is 4.26. The molecule has 57 heavy (non-hydrogen) atoms. The minimum absolute atomic E-state index is 0.0262. The van der Waals surface area contributed by atoms with Gasteiger partial charge in [-0.3, -0.25) is 9.59 Å². The topological polar surface area (TPSA) is 160 Å². The summed E-state index contributed by atoms with van der Waals surface area (Å²) < 4.78 is 25.8. The van der Waals surface area contributed by atoms with Crippen molar-refractivity contribution in [2.45, 2.75) is 62.7 Å². The van der Waals surface area contributed by atoms with Gasteiger partial charge in [0.15, 0.2) is 6.29 Å². The van der Waals surface area contributed by atoms with Gasteiger partial charge in [0.05, 0.1) is 42.5 Å². The van der Waals surface area contributed by atoms with Crippen molar-refractivity contribution in [2.75, 3.05) is 41.1 Å². The Bertz CT molecular complexity index is 2020. The van der Waals surface area contributed by atoms with Gasteiger partial charge in [0.25, 0.3) is 5.91 Å². The smallest absolute Gasteiger partial charge is 0.254 e. The fourth-order valence-electron chi connectivity index (χ4n) is 8.94. The first kappa shape index (κ1) is 41.2. The molecule has 3 aliphatic rings. The van der Waals surface area contributed by atoms with Crippen molar-refractivity contribution in [3.05, 3.63) is 107 Å². The van der Waals surface area contributed by atoms with Crippen LogP contribution in [0.4, 0.5) is 0 Å². The predicted octanol–water partition coefficient (Wildman–Crippen LogP) is 7.21. The largest absolute Gasteiger partial charge is 0.496 e. The lowest BCUT2D eigenvalue weighted by Gasteiger charge is -2.59. The number of rotatable bonds is 18. The van der Waals surface area contributed by atoms with Gasteiger partial charge in [-0.1, -0.05) is 30.1 Å². The van der Waals surface area contributed by atoms with E-state index in [0.717, 1.165) is 43.1 Å². The first-order chi connectivity index (χ1) is 27.8. The summed E-state index contributed by atoms with van der Waals surface area (Å²) in [4.78, 5) is 33.4. The number of nitrogens with zero attached hydrogens (tertiary/aromatic N) is 3. The highest BCUT2D eigenvalue weighted by molar-refractivity contribution is 6.03. The molecule has 1 aliphatic heterocycles. The number of allylic oxidation sites excluding steroid dienone is 1. The molecule has 1 heterocycles. The van der Waals surface area contributed by atoms with E-state index < -0.39 is 17.7 Å². The molecule has 0 unspecified atom stereocenters. The summed E-state index contributed by atoms with van der Waals surface area (Å²) in [6.07, 6.45) is 9.39. The molecule has 2 aliphatic carbocycles. The molecular formula is C45H51N3O9. The number of likely N-dealkylation sites (N-methyl/N-ethyl adjacent to an activating group) is 1. The molecule has 0 bridgehead atoms. The average Bonchev–Trinajstić information content (AvgIpc) is 3.24. The van der Waals surface area contributed by atoms with Crippen LogP contribution in [0, 0.1) is 29.1 Å². The molecule has 1 fully saturated rings. The molecule has 3 aromatic carbocycles. The third kappa shape index (κ3) is 8.33. The van der Waals surface area contributed by atoms with Gasteiger partial charge in [-0.15, -0.1) is 6.58 Å². The summed E-state index contributed by atoms with van der Waals surface area (Å²) in [5, 5.41) is 33.6. The molecule has 0 saturated heterocycles. The molecule has 12 nitrogen and oxygen atoms in total. The number of amides is 1.